The Morgan fingerprint density at radius 2 is 1.76 bits per heavy atom. The summed E-state index contributed by atoms with van der Waals surface area (Å²) in [6.07, 6.45) is -0.605. The van der Waals surface area contributed by atoms with E-state index in [9.17, 15) is 18.0 Å². The minimum absolute atomic E-state index is 0.0459. The van der Waals surface area contributed by atoms with Crippen LogP contribution in [0.2, 0.25) is 0 Å². The van der Waals surface area contributed by atoms with Gasteiger partial charge in [-0.15, -0.1) is 0 Å². The van der Waals surface area contributed by atoms with Gasteiger partial charge in [0.2, 0.25) is 5.91 Å². The summed E-state index contributed by atoms with van der Waals surface area (Å²) >= 11 is 0. The van der Waals surface area contributed by atoms with Crippen molar-refractivity contribution < 1.29 is 18.0 Å². The van der Waals surface area contributed by atoms with Gasteiger partial charge < -0.3 is 10.6 Å². The molecule has 0 aromatic carbocycles. The molecular weight excluding hydrogens is 281 g/mol. The standard InChI is InChI=1S/C15H25F3N2O/c1-10(11-6-8-19-9-7-11)20-14(21)12-4-2-3-5-13(12)15(16,17)18/h10-13,19H,2-9H2,1H3,(H,20,21). The number of carbonyl (C=O) groups excluding carboxylic acids is 1. The summed E-state index contributed by atoms with van der Waals surface area (Å²) in [4.78, 5) is 12.3. The van der Waals surface area contributed by atoms with Crippen molar-refractivity contribution in [2.45, 2.75) is 57.7 Å². The van der Waals surface area contributed by atoms with Gasteiger partial charge in [-0.25, -0.2) is 0 Å². The molecule has 0 radical (unpaired) electrons. The lowest BCUT2D eigenvalue weighted by molar-refractivity contribution is -0.198. The first-order valence-corrected chi connectivity index (χ1v) is 7.97. The van der Waals surface area contributed by atoms with Crippen molar-refractivity contribution in [3.05, 3.63) is 0 Å². The fourth-order valence-electron chi connectivity index (χ4n) is 3.63. The second-order valence-electron chi connectivity index (χ2n) is 6.42. The summed E-state index contributed by atoms with van der Waals surface area (Å²) in [5, 5.41) is 6.11. The van der Waals surface area contributed by atoms with Gasteiger partial charge in [0, 0.05) is 12.0 Å². The van der Waals surface area contributed by atoms with E-state index in [1.807, 2.05) is 6.92 Å². The SMILES string of the molecule is CC(NC(=O)C1CCCCC1C(F)(F)F)C1CCNCC1. The number of hydrogen-bond acceptors (Lipinski definition) is 2. The number of rotatable bonds is 3. The molecule has 2 aliphatic rings. The molecule has 2 rings (SSSR count). The quantitative estimate of drug-likeness (QED) is 0.842. The van der Waals surface area contributed by atoms with Gasteiger partial charge in [0.05, 0.1) is 5.92 Å². The minimum atomic E-state index is -4.26. The monoisotopic (exact) mass is 306 g/mol. The smallest absolute Gasteiger partial charge is 0.353 e. The van der Waals surface area contributed by atoms with E-state index in [4.69, 9.17) is 0 Å². The minimum Gasteiger partial charge on any atom is -0.353 e. The molecule has 3 nitrogen and oxygen atoms in total. The number of halogens is 3. The van der Waals surface area contributed by atoms with E-state index in [0.29, 0.717) is 25.2 Å². The molecule has 1 aliphatic carbocycles. The van der Waals surface area contributed by atoms with E-state index in [-0.39, 0.29) is 12.5 Å². The van der Waals surface area contributed by atoms with E-state index in [2.05, 4.69) is 10.6 Å². The van der Waals surface area contributed by atoms with Crippen LogP contribution in [-0.4, -0.2) is 31.2 Å². The lowest BCUT2D eigenvalue weighted by Gasteiger charge is -2.34. The van der Waals surface area contributed by atoms with E-state index in [0.717, 1.165) is 25.9 Å². The Hall–Kier alpha value is -0.780. The average Bonchev–Trinajstić information content (AvgIpc) is 2.47. The van der Waals surface area contributed by atoms with Crippen LogP contribution >= 0.6 is 0 Å². The zero-order chi connectivity index (χ0) is 15.5. The van der Waals surface area contributed by atoms with Crippen molar-refractivity contribution in [3.63, 3.8) is 0 Å². The maximum atomic E-state index is 13.1. The Morgan fingerprint density at radius 3 is 2.38 bits per heavy atom. The van der Waals surface area contributed by atoms with Crippen LogP contribution in [0.25, 0.3) is 0 Å². The summed E-state index contributed by atoms with van der Waals surface area (Å²) in [7, 11) is 0. The Balaban J connectivity index is 1.93. The van der Waals surface area contributed by atoms with E-state index < -0.39 is 23.9 Å². The molecule has 3 unspecified atom stereocenters. The number of hydrogen-bond donors (Lipinski definition) is 2. The van der Waals surface area contributed by atoms with Gasteiger partial charge in [-0.3, -0.25) is 4.79 Å². The van der Waals surface area contributed by atoms with Crippen molar-refractivity contribution >= 4 is 5.91 Å². The van der Waals surface area contributed by atoms with Crippen LogP contribution in [0.3, 0.4) is 0 Å². The molecule has 1 saturated heterocycles. The van der Waals surface area contributed by atoms with E-state index in [1.54, 1.807) is 0 Å². The van der Waals surface area contributed by atoms with Crippen LogP contribution in [0.5, 0.6) is 0 Å². The van der Waals surface area contributed by atoms with Crippen LogP contribution in [0.4, 0.5) is 13.2 Å². The molecular formula is C15H25F3N2O. The number of amides is 1. The molecule has 0 bridgehead atoms. The highest BCUT2D eigenvalue weighted by atomic mass is 19.4. The maximum absolute atomic E-state index is 13.1. The zero-order valence-corrected chi connectivity index (χ0v) is 12.5. The molecule has 6 heteroatoms. The lowest BCUT2D eigenvalue weighted by Crippen LogP contribution is -2.48. The maximum Gasteiger partial charge on any atom is 0.392 e. The molecule has 1 heterocycles. The summed E-state index contributed by atoms with van der Waals surface area (Å²) in [6, 6.07) is -0.0459. The van der Waals surface area contributed by atoms with Crippen LogP contribution in [-0.2, 0) is 4.79 Å². The Kier molecular flexibility index (Phi) is 5.52. The highest BCUT2D eigenvalue weighted by Gasteiger charge is 2.48. The summed E-state index contributed by atoms with van der Waals surface area (Å²) < 4.78 is 39.2. The van der Waals surface area contributed by atoms with Gasteiger partial charge in [-0.1, -0.05) is 12.8 Å². The molecule has 1 aliphatic heterocycles. The van der Waals surface area contributed by atoms with Crippen molar-refractivity contribution in [2.75, 3.05) is 13.1 Å². The first kappa shape index (κ1) is 16.6. The van der Waals surface area contributed by atoms with Crippen LogP contribution < -0.4 is 10.6 Å². The predicted molar refractivity (Wildman–Crippen MR) is 74.7 cm³/mol. The Morgan fingerprint density at radius 1 is 1.14 bits per heavy atom. The third-order valence-corrected chi connectivity index (χ3v) is 4.98. The van der Waals surface area contributed by atoms with Crippen molar-refractivity contribution in [1.29, 1.82) is 0 Å². The molecule has 3 atom stereocenters. The molecule has 21 heavy (non-hydrogen) atoms. The van der Waals surface area contributed by atoms with E-state index in [1.165, 1.54) is 0 Å². The first-order valence-electron chi connectivity index (χ1n) is 7.97. The third-order valence-electron chi connectivity index (χ3n) is 4.98. The number of piperidine rings is 1. The Bertz CT molecular complexity index is 353. The highest BCUT2D eigenvalue weighted by Crippen LogP contribution is 2.41. The fraction of sp³-hybridized carbons (Fsp3) is 0.933. The molecule has 122 valence electrons. The number of alkyl halides is 3. The summed E-state index contributed by atoms with van der Waals surface area (Å²) in [5.74, 6) is -2.40. The van der Waals surface area contributed by atoms with Gasteiger partial charge in [0.25, 0.3) is 0 Å². The topological polar surface area (TPSA) is 41.1 Å². The van der Waals surface area contributed by atoms with Gasteiger partial charge in [0.15, 0.2) is 0 Å². The lowest BCUT2D eigenvalue weighted by atomic mass is 9.78. The van der Waals surface area contributed by atoms with Gasteiger partial charge in [-0.2, -0.15) is 13.2 Å². The second kappa shape index (κ2) is 6.99. The molecule has 2 fully saturated rings. The second-order valence-corrected chi connectivity index (χ2v) is 6.42. The molecule has 2 N–H and O–H groups in total. The predicted octanol–water partition coefficient (Wildman–Crippen LogP) is 2.86. The summed E-state index contributed by atoms with van der Waals surface area (Å²) in [5.41, 5.74) is 0. The Labute approximate surface area is 124 Å². The van der Waals surface area contributed by atoms with Crippen molar-refractivity contribution in [1.82, 2.24) is 10.6 Å². The van der Waals surface area contributed by atoms with Gasteiger partial charge in [-0.05, 0) is 51.6 Å². The highest BCUT2D eigenvalue weighted by molar-refractivity contribution is 5.79. The van der Waals surface area contributed by atoms with Crippen LogP contribution in [0, 0.1) is 17.8 Å². The van der Waals surface area contributed by atoms with Crippen LogP contribution in [0.15, 0.2) is 0 Å². The van der Waals surface area contributed by atoms with Crippen molar-refractivity contribution in [3.8, 4) is 0 Å². The van der Waals surface area contributed by atoms with Crippen molar-refractivity contribution in [2.24, 2.45) is 17.8 Å². The normalized spacial score (nSPS) is 29.9. The largest absolute Gasteiger partial charge is 0.392 e. The van der Waals surface area contributed by atoms with Gasteiger partial charge >= 0.3 is 6.18 Å². The molecule has 0 aromatic heterocycles. The molecule has 1 saturated carbocycles. The first-order chi connectivity index (χ1) is 9.89. The zero-order valence-electron chi connectivity index (χ0n) is 12.5. The van der Waals surface area contributed by atoms with E-state index >= 15 is 0 Å². The molecule has 1 amide bonds. The van der Waals surface area contributed by atoms with Crippen LogP contribution in [0.1, 0.15) is 45.4 Å². The molecule has 0 aromatic rings. The average molecular weight is 306 g/mol. The number of carbonyl (C=O) groups is 1. The third kappa shape index (κ3) is 4.34. The fourth-order valence-corrected chi connectivity index (χ4v) is 3.63. The summed E-state index contributed by atoms with van der Waals surface area (Å²) in [6.45, 7) is 3.75. The van der Waals surface area contributed by atoms with Gasteiger partial charge in [0.1, 0.15) is 0 Å². The number of nitrogens with one attached hydrogen (secondary N) is 2. The molecule has 0 spiro atoms.